The number of carbonyl (C=O) groups excluding carboxylic acids is 2. The van der Waals surface area contributed by atoms with Crippen LogP contribution in [0.1, 0.15) is 32.1 Å². The summed E-state index contributed by atoms with van der Waals surface area (Å²) >= 11 is 0. The molecule has 8 heteroatoms. The fourth-order valence-electron chi connectivity index (χ4n) is 3.37. The Morgan fingerprint density at radius 3 is 2.52 bits per heavy atom. The second-order valence-electron chi connectivity index (χ2n) is 7.74. The Labute approximate surface area is 179 Å². The maximum absolute atomic E-state index is 13.0. The summed E-state index contributed by atoms with van der Waals surface area (Å²) in [6, 6.07) is 9.68. The quantitative estimate of drug-likeness (QED) is 0.307. The van der Waals surface area contributed by atoms with E-state index in [2.05, 4.69) is 0 Å². The largest absolute Gasteiger partial charge is 0.457 e. The van der Waals surface area contributed by atoms with E-state index in [1.807, 2.05) is 26.8 Å². The molecule has 0 atom stereocenters. The number of nitro groups is 1. The number of imide groups is 1. The third-order valence-electron chi connectivity index (χ3n) is 4.98. The van der Waals surface area contributed by atoms with Crippen LogP contribution in [0.25, 0.3) is 17.4 Å². The van der Waals surface area contributed by atoms with Gasteiger partial charge in [0.25, 0.3) is 17.5 Å². The topological polar surface area (TPSA) is 117 Å². The molecule has 0 bridgehead atoms. The van der Waals surface area contributed by atoms with Crippen LogP contribution in [-0.4, -0.2) is 28.2 Å². The number of carbonyl (C=O) groups is 2. The third kappa shape index (κ3) is 4.16. The summed E-state index contributed by atoms with van der Waals surface area (Å²) in [4.78, 5) is 37.2. The number of hydrogen-bond acceptors (Lipinski definition) is 6. The van der Waals surface area contributed by atoms with Crippen LogP contribution in [0.15, 0.2) is 51.5 Å². The maximum Gasteiger partial charge on any atom is 0.271 e. The standard InChI is InChI=1S/C23H21N3O5/c1-13(2)12-25-22(27)19(15(4)20(11-24)23(25)28)10-17-7-8-21(31-17)18-9-16(26(29)30)6-5-14(18)3/h5-10,13H,12H2,1-4H3/b19-10+. The molecule has 1 aromatic heterocycles. The maximum atomic E-state index is 13.0. The molecule has 1 aliphatic rings. The molecular formula is C23H21N3O5. The number of amides is 2. The summed E-state index contributed by atoms with van der Waals surface area (Å²) in [5.41, 5.74) is 1.72. The molecule has 2 aromatic rings. The Balaban J connectivity index is 2.05. The van der Waals surface area contributed by atoms with Crippen molar-refractivity contribution < 1.29 is 18.9 Å². The zero-order chi connectivity index (χ0) is 22.9. The molecule has 0 saturated carbocycles. The normalized spacial score (nSPS) is 15.7. The lowest BCUT2D eigenvalue weighted by Crippen LogP contribution is -2.44. The molecule has 31 heavy (non-hydrogen) atoms. The van der Waals surface area contributed by atoms with Crippen molar-refractivity contribution in [3.63, 3.8) is 0 Å². The Morgan fingerprint density at radius 1 is 1.19 bits per heavy atom. The minimum absolute atomic E-state index is 0.0413. The molecule has 0 spiro atoms. The van der Waals surface area contributed by atoms with Crippen LogP contribution < -0.4 is 0 Å². The fraction of sp³-hybridized carbons (Fsp3) is 0.261. The summed E-state index contributed by atoms with van der Waals surface area (Å²) in [5, 5.41) is 20.5. The van der Waals surface area contributed by atoms with Crippen molar-refractivity contribution in [1.29, 1.82) is 5.26 Å². The first-order chi connectivity index (χ1) is 14.6. The summed E-state index contributed by atoms with van der Waals surface area (Å²) in [6.07, 6.45) is 1.49. The van der Waals surface area contributed by atoms with Gasteiger partial charge in [0.2, 0.25) is 0 Å². The number of rotatable bonds is 5. The van der Waals surface area contributed by atoms with E-state index in [1.54, 1.807) is 25.1 Å². The number of non-ortho nitro benzene ring substituents is 1. The molecule has 1 aliphatic heterocycles. The van der Waals surface area contributed by atoms with Crippen LogP contribution in [0, 0.1) is 34.3 Å². The van der Waals surface area contributed by atoms with Gasteiger partial charge in [-0.1, -0.05) is 19.9 Å². The number of hydrogen-bond donors (Lipinski definition) is 0. The van der Waals surface area contributed by atoms with Crippen LogP contribution in [0.3, 0.4) is 0 Å². The Kier molecular flexibility index (Phi) is 5.88. The van der Waals surface area contributed by atoms with Crippen molar-refractivity contribution in [3.8, 4) is 17.4 Å². The van der Waals surface area contributed by atoms with E-state index in [-0.39, 0.29) is 29.3 Å². The second-order valence-corrected chi connectivity index (χ2v) is 7.74. The van der Waals surface area contributed by atoms with Gasteiger partial charge in [-0.25, -0.2) is 0 Å². The molecule has 2 heterocycles. The molecular weight excluding hydrogens is 398 g/mol. The summed E-state index contributed by atoms with van der Waals surface area (Å²) in [7, 11) is 0. The molecule has 0 aliphatic carbocycles. The second kappa shape index (κ2) is 8.40. The van der Waals surface area contributed by atoms with Gasteiger partial charge in [0, 0.05) is 29.8 Å². The number of aryl methyl sites for hydroxylation is 1. The van der Waals surface area contributed by atoms with Crippen molar-refractivity contribution in [1.82, 2.24) is 4.90 Å². The number of benzene rings is 1. The summed E-state index contributed by atoms with van der Waals surface area (Å²) in [5.74, 6) is -0.296. The zero-order valence-electron chi connectivity index (χ0n) is 17.6. The van der Waals surface area contributed by atoms with E-state index >= 15 is 0 Å². The molecule has 0 fully saturated rings. The van der Waals surface area contributed by atoms with Crippen LogP contribution in [0.5, 0.6) is 0 Å². The third-order valence-corrected chi connectivity index (χ3v) is 4.98. The van der Waals surface area contributed by atoms with Gasteiger partial charge in [-0.05, 0) is 49.1 Å². The molecule has 0 radical (unpaired) electrons. The fourth-order valence-corrected chi connectivity index (χ4v) is 3.37. The number of nitro benzene ring substituents is 1. The molecule has 0 unspecified atom stereocenters. The van der Waals surface area contributed by atoms with Crippen molar-refractivity contribution in [3.05, 3.63) is 68.5 Å². The molecule has 3 rings (SSSR count). The lowest BCUT2D eigenvalue weighted by molar-refractivity contribution is -0.384. The van der Waals surface area contributed by atoms with Gasteiger partial charge in [-0.2, -0.15) is 5.26 Å². The Bertz CT molecular complexity index is 1190. The summed E-state index contributed by atoms with van der Waals surface area (Å²) < 4.78 is 5.84. The molecule has 0 N–H and O–H groups in total. The van der Waals surface area contributed by atoms with E-state index in [1.165, 1.54) is 18.2 Å². The highest BCUT2D eigenvalue weighted by atomic mass is 16.6. The van der Waals surface area contributed by atoms with Crippen LogP contribution in [0.4, 0.5) is 5.69 Å². The first kappa shape index (κ1) is 21.7. The predicted octanol–water partition coefficient (Wildman–Crippen LogP) is 4.41. The Hall–Kier alpha value is -3.99. The van der Waals surface area contributed by atoms with Crippen LogP contribution in [-0.2, 0) is 9.59 Å². The zero-order valence-corrected chi connectivity index (χ0v) is 17.6. The van der Waals surface area contributed by atoms with Crippen molar-refractivity contribution in [2.45, 2.75) is 27.7 Å². The van der Waals surface area contributed by atoms with E-state index in [0.29, 0.717) is 22.7 Å². The minimum atomic E-state index is -0.594. The van der Waals surface area contributed by atoms with Crippen LogP contribution >= 0.6 is 0 Å². The summed E-state index contributed by atoms with van der Waals surface area (Å²) in [6.45, 7) is 7.32. The first-order valence-electron chi connectivity index (χ1n) is 9.68. The average molecular weight is 419 g/mol. The highest BCUT2D eigenvalue weighted by Crippen LogP contribution is 2.32. The van der Waals surface area contributed by atoms with Crippen LogP contribution in [0.2, 0.25) is 0 Å². The van der Waals surface area contributed by atoms with Gasteiger partial charge < -0.3 is 4.42 Å². The highest BCUT2D eigenvalue weighted by Gasteiger charge is 2.35. The van der Waals surface area contributed by atoms with E-state index in [9.17, 15) is 25.0 Å². The number of furan rings is 1. The molecule has 2 amide bonds. The van der Waals surface area contributed by atoms with Gasteiger partial charge in [0.05, 0.1) is 4.92 Å². The van der Waals surface area contributed by atoms with Crippen molar-refractivity contribution in [2.24, 2.45) is 5.92 Å². The smallest absolute Gasteiger partial charge is 0.271 e. The molecule has 158 valence electrons. The monoisotopic (exact) mass is 419 g/mol. The van der Waals surface area contributed by atoms with Crippen molar-refractivity contribution in [2.75, 3.05) is 6.54 Å². The van der Waals surface area contributed by atoms with Crippen molar-refractivity contribution >= 4 is 23.6 Å². The van der Waals surface area contributed by atoms with Gasteiger partial charge in [-0.3, -0.25) is 24.6 Å². The SMILES string of the molecule is CC1=C(C#N)C(=O)N(CC(C)C)C(=O)/C1=C/c1ccc(-c2cc([N+](=O)[O-])ccc2C)o1. The average Bonchev–Trinajstić information content (AvgIpc) is 3.17. The molecule has 8 nitrogen and oxygen atoms in total. The molecule has 1 aromatic carbocycles. The van der Waals surface area contributed by atoms with E-state index in [4.69, 9.17) is 4.42 Å². The number of nitriles is 1. The van der Waals surface area contributed by atoms with Gasteiger partial charge >= 0.3 is 0 Å². The first-order valence-corrected chi connectivity index (χ1v) is 9.68. The van der Waals surface area contributed by atoms with Gasteiger partial charge in [-0.15, -0.1) is 0 Å². The lowest BCUT2D eigenvalue weighted by Gasteiger charge is -2.28. The predicted molar refractivity (Wildman–Crippen MR) is 113 cm³/mol. The van der Waals surface area contributed by atoms with Gasteiger partial charge in [0.1, 0.15) is 23.2 Å². The molecule has 0 saturated heterocycles. The Morgan fingerprint density at radius 2 is 1.90 bits per heavy atom. The highest BCUT2D eigenvalue weighted by molar-refractivity contribution is 6.19. The van der Waals surface area contributed by atoms with E-state index < -0.39 is 16.7 Å². The van der Waals surface area contributed by atoms with Gasteiger partial charge in [0.15, 0.2) is 0 Å². The minimum Gasteiger partial charge on any atom is -0.457 e. The lowest BCUT2D eigenvalue weighted by atomic mass is 9.94. The number of nitrogens with zero attached hydrogens (tertiary/aromatic N) is 3. The van der Waals surface area contributed by atoms with E-state index in [0.717, 1.165) is 10.5 Å².